The lowest BCUT2D eigenvalue weighted by Crippen LogP contribution is -2.27. The molecule has 14 nitrogen and oxygen atoms in total. The molecule has 14 heteroatoms. The molecule has 2 aromatic rings. The van der Waals surface area contributed by atoms with Gasteiger partial charge >= 0.3 is 11.9 Å². The predicted molar refractivity (Wildman–Crippen MR) is 217 cm³/mol. The van der Waals surface area contributed by atoms with Crippen molar-refractivity contribution in [2.24, 2.45) is 0 Å². The number of ether oxygens (including phenoxy) is 12. The average Bonchev–Trinajstić information content (AvgIpc) is 3.16. The lowest BCUT2D eigenvalue weighted by atomic mass is 9.75. The second kappa shape index (κ2) is 23.8. The van der Waals surface area contributed by atoms with E-state index in [9.17, 15) is 9.59 Å². The summed E-state index contributed by atoms with van der Waals surface area (Å²) in [7, 11) is 0. The molecule has 0 fully saturated rings. The van der Waals surface area contributed by atoms with Crippen molar-refractivity contribution in [3.05, 3.63) is 35.4 Å². The second-order valence-electron chi connectivity index (χ2n) is 12.7. The second-order valence-corrected chi connectivity index (χ2v) is 12.7. The van der Waals surface area contributed by atoms with E-state index >= 15 is 0 Å². The molecule has 0 N–H and O–H groups in total. The molecule has 0 aliphatic carbocycles. The van der Waals surface area contributed by atoms with Crippen LogP contribution in [0.1, 0.15) is 94.2 Å². The van der Waals surface area contributed by atoms with E-state index in [1.54, 1.807) is 13.8 Å². The fourth-order valence-electron chi connectivity index (χ4n) is 5.83. The Morgan fingerprint density at radius 3 is 0.825 bits per heavy atom. The smallest absolute Gasteiger partial charge is 0.333 e. The highest BCUT2D eigenvalue weighted by Crippen LogP contribution is 2.63. The first-order chi connectivity index (χ1) is 27.3. The number of carbonyl (C=O) groups is 2. The van der Waals surface area contributed by atoms with Crippen molar-refractivity contribution in [1.29, 1.82) is 0 Å². The molecule has 0 heterocycles. The Bertz CT molecular complexity index is 1540. The van der Waals surface area contributed by atoms with Crippen LogP contribution in [0.5, 0.6) is 57.5 Å². The van der Waals surface area contributed by atoms with Gasteiger partial charge < -0.3 is 56.8 Å². The summed E-state index contributed by atoms with van der Waals surface area (Å²) in [6.07, 6.45) is 0. The van der Waals surface area contributed by atoms with Crippen LogP contribution >= 0.6 is 0 Å². The summed E-state index contributed by atoms with van der Waals surface area (Å²) in [5.41, 5.74) is 0.189. The van der Waals surface area contributed by atoms with Gasteiger partial charge in [-0.3, -0.25) is 0 Å². The Kier molecular flexibility index (Phi) is 20.1. The average molecular weight is 805 g/mol. The lowest BCUT2D eigenvalue weighted by Gasteiger charge is -2.36. The minimum absolute atomic E-state index is 0.0826. The first-order valence-corrected chi connectivity index (χ1v) is 19.7. The van der Waals surface area contributed by atoms with Crippen LogP contribution in [-0.4, -0.2) is 91.2 Å². The van der Waals surface area contributed by atoms with Crippen LogP contribution in [0.3, 0.4) is 0 Å². The molecule has 0 saturated carbocycles. The SMILES string of the molecule is C=C(C)C(=O)OCCOc1c(OCC)c(OCC)c(OCC)c(OCC)c1C(C)(C)c1c(OCC)c(OCC)c(OCC)c(OCC)c1OCCOC(=O)C(=C)C. The van der Waals surface area contributed by atoms with E-state index in [1.165, 1.54) is 0 Å². The molecule has 0 saturated heterocycles. The third-order valence-corrected chi connectivity index (χ3v) is 7.94. The minimum Gasteiger partial charge on any atom is -0.489 e. The quantitative estimate of drug-likeness (QED) is 0.0463. The van der Waals surface area contributed by atoms with Crippen LogP contribution in [-0.2, 0) is 24.5 Å². The van der Waals surface area contributed by atoms with Crippen molar-refractivity contribution in [3.63, 3.8) is 0 Å². The van der Waals surface area contributed by atoms with Crippen LogP contribution in [0, 0.1) is 0 Å². The van der Waals surface area contributed by atoms with Crippen molar-refractivity contribution in [1.82, 2.24) is 0 Å². The molecule has 2 rings (SSSR count). The molecule has 0 aliphatic rings. The third kappa shape index (κ3) is 11.9. The molecular weight excluding hydrogens is 740 g/mol. The van der Waals surface area contributed by atoms with Crippen molar-refractivity contribution in [3.8, 4) is 57.5 Å². The van der Waals surface area contributed by atoms with Gasteiger partial charge in [0.1, 0.15) is 26.4 Å². The fraction of sp³-hybridized carbons (Fsp3) is 0.581. The normalized spacial score (nSPS) is 10.9. The maximum atomic E-state index is 12.3. The van der Waals surface area contributed by atoms with E-state index in [0.717, 1.165) is 0 Å². The van der Waals surface area contributed by atoms with Crippen LogP contribution in [0.2, 0.25) is 0 Å². The summed E-state index contributed by atoms with van der Waals surface area (Å²) < 4.78 is 74.8. The summed E-state index contributed by atoms with van der Waals surface area (Å²) in [6, 6.07) is 0. The molecule has 0 spiro atoms. The van der Waals surface area contributed by atoms with Crippen LogP contribution in [0.25, 0.3) is 0 Å². The zero-order valence-corrected chi connectivity index (χ0v) is 36.1. The number of benzene rings is 2. The first kappa shape index (κ1) is 48.0. The van der Waals surface area contributed by atoms with Gasteiger partial charge in [-0.2, -0.15) is 0 Å². The summed E-state index contributed by atoms with van der Waals surface area (Å²) in [6.45, 7) is 30.7. The largest absolute Gasteiger partial charge is 0.489 e. The summed E-state index contributed by atoms with van der Waals surface area (Å²) in [5, 5.41) is 0. The molecule has 0 aromatic heterocycles. The number of hydrogen-bond donors (Lipinski definition) is 0. The molecule has 320 valence electrons. The van der Waals surface area contributed by atoms with Gasteiger partial charge in [0, 0.05) is 16.6 Å². The van der Waals surface area contributed by atoms with Gasteiger partial charge in [-0.25, -0.2) is 9.59 Å². The highest BCUT2D eigenvalue weighted by molar-refractivity contribution is 5.87. The monoisotopic (exact) mass is 804 g/mol. The van der Waals surface area contributed by atoms with Crippen molar-refractivity contribution < 1.29 is 66.4 Å². The van der Waals surface area contributed by atoms with E-state index < -0.39 is 17.4 Å². The molecule has 57 heavy (non-hydrogen) atoms. The van der Waals surface area contributed by atoms with E-state index in [2.05, 4.69) is 13.2 Å². The van der Waals surface area contributed by atoms with Gasteiger partial charge in [-0.15, -0.1) is 0 Å². The standard InChI is InChI=1S/C43H64O14/c1-15-46-31-29(33(54-23-25-56-41(44)27(9)10)37(50-19-5)39(52-21-7)35(31)48-17-3)43(13,14)30-32(47-16-2)36(49-18-4)40(53-22-8)38(51-20-6)34(30)55-24-26-57-42(45)28(11)12/h9,11,15-26H2,1-8,10,12-14H3. The first-order valence-electron chi connectivity index (χ1n) is 19.7. The molecule has 0 bridgehead atoms. The summed E-state index contributed by atoms with van der Waals surface area (Å²) in [4.78, 5) is 24.7. The number of hydrogen-bond acceptors (Lipinski definition) is 14. The molecular formula is C43H64O14. The summed E-state index contributed by atoms with van der Waals surface area (Å²) >= 11 is 0. The highest BCUT2D eigenvalue weighted by Gasteiger charge is 2.45. The van der Waals surface area contributed by atoms with Crippen LogP contribution in [0.15, 0.2) is 24.3 Å². The van der Waals surface area contributed by atoms with Gasteiger partial charge in [-0.05, 0) is 69.2 Å². The topological polar surface area (TPSA) is 145 Å². The molecule has 0 unspecified atom stereocenters. The maximum absolute atomic E-state index is 12.3. The van der Waals surface area contributed by atoms with Gasteiger partial charge in [0.05, 0.1) is 64.0 Å². The van der Waals surface area contributed by atoms with E-state index in [-0.39, 0.29) is 125 Å². The number of rotatable bonds is 28. The van der Waals surface area contributed by atoms with Crippen LogP contribution < -0.4 is 47.4 Å². The van der Waals surface area contributed by atoms with Crippen molar-refractivity contribution >= 4 is 11.9 Å². The zero-order valence-electron chi connectivity index (χ0n) is 36.1. The van der Waals surface area contributed by atoms with E-state index in [1.807, 2.05) is 69.2 Å². The predicted octanol–water partition coefficient (Wildman–Crippen LogP) is 8.20. The zero-order chi connectivity index (χ0) is 42.7. The van der Waals surface area contributed by atoms with Gasteiger partial charge in [-0.1, -0.05) is 27.0 Å². The van der Waals surface area contributed by atoms with Gasteiger partial charge in [0.2, 0.25) is 34.5 Å². The van der Waals surface area contributed by atoms with E-state index in [0.29, 0.717) is 34.1 Å². The fourth-order valence-corrected chi connectivity index (χ4v) is 5.83. The molecule has 0 aliphatic heterocycles. The minimum atomic E-state index is -1.23. The molecule has 0 atom stereocenters. The number of esters is 2. The Labute approximate surface area is 338 Å². The van der Waals surface area contributed by atoms with Crippen molar-refractivity contribution in [2.75, 3.05) is 79.3 Å². The molecule has 0 radical (unpaired) electrons. The maximum Gasteiger partial charge on any atom is 0.333 e. The lowest BCUT2D eigenvalue weighted by molar-refractivity contribution is -0.140. The molecule has 2 aromatic carbocycles. The Balaban J connectivity index is 3.32. The van der Waals surface area contributed by atoms with Gasteiger partial charge in [0.25, 0.3) is 0 Å². The third-order valence-electron chi connectivity index (χ3n) is 7.94. The van der Waals surface area contributed by atoms with E-state index in [4.69, 9.17) is 56.8 Å². The summed E-state index contributed by atoms with van der Waals surface area (Å²) in [5.74, 6) is 1.59. The van der Waals surface area contributed by atoms with Crippen molar-refractivity contribution in [2.45, 2.75) is 88.5 Å². The Hall–Kier alpha value is -5.14. The Morgan fingerprint density at radius 1 is 0.386 bits per heavy atom. The van der Waals surface area contributed by atoms with Gasteiger partial charge in [0.15, 0.2) is 23.0 Å². The highest BCUT2D eigenvalue weighted by atomic mass is 16.6. The Morgan fingerprint density at radius 2 is 0.596 bits per heavy atom. The van der Waals surface area contributed by atoms with Crippen LogP contribution in [0.4, 0.5) is 0 Å². The molecule has 0 amide bonds. The number of carbonyl (C=O) groups excluding carboxylic acids is 2.